The summed E-state index contributed by atoms with van der Waals surface area (Å²) in [5, 5.41) is 2.60. The Morgan fingerprint density at radius 1 is 1.38 bits per heavy atom. The van der Waals surface area contributed by atoms with Crippen LogP contribution < -0.4 is 5.32 Å². The van der Waals surface area contributed by atoms with Crippen LogP contribution in [0.5, 0.6) is 0 Å². The third-order valence-electron chi connectivity index (χ3n) is 1.34. The molecule has 6 heteroatoms. The molecule has 0 saturated heterocycles. The van der Waals surface area contributed by atoms with Gasteiger partial charge in [-0.15, -0.1) is 0 Å². The molecule has 0 aromatic heterocycles. The lowest BCUT2D eigenvalue weighted by molar-refractivity contribution is -0.119. The standard InChI is InChI=1S/C7H16NO4P/c1-6(2)8-7(9)5-13(10,11-3)12-4/h6H,5H2,1-4H3,(H,8,9). The number of hydrogen-bond acceptors (Lipinski definition) is 4. The molecule has 0 heterocycles. The van der Waals surface area contributed by atoms with Gasteiger partial charge in [0.25, 0.3) is 0 Å². The SMILES string of the molecule is COP(=O)(CC(=O)NC(C)C)OC. The number of nitrogens with one attached hydrogen (secondary N) is 1. The van der Waals surface area contributed by atoms with E-state index in [1.54, 1.807) is 0 Å². The Kier molecular flexibility index (Phi) is 5.21. The maximum Gasteiger partial charge on any atom is 0.339 e. The summed E-state index contributed by atoms with van der Waals surface area (Å²) in [5.74, 6) is -0.331. The summed E-state index contributed by atoms with van der Waals surface area (Å²) in [6.45, 7) is 3.64. The van der Waals surface area contributed by atoms with Gasteiger partial charge in [-0.1, -0.05) is 0 Å². The molecule has 0 aliphatic carbocycles. The molecule has 0 fully saturated rings. The fourth-order valence-electron chi connectivity index (χ4n) is 0.747. The van der Waals surface area contributed by atoms with Gasteiger partial charge in [0.15, 0.2) is 0 Å². The molecule has 78 valence electrons. The minimum absolute atomic E-state index is 0.0228. The highest BCUT2D eigenvalue weighted by molar-refractivity contribution is 7.54. The minimum Gasteiger partial charge on any atom is -0.353 e. The van der Waals surface area contributed by atoms with E-state index in [9.17, 15) is 9.36 Å². The van der Waals surface area contributed by atoms with Gasteiger partial charge in [0.1, 0.15) is 6.16 Å². The van der Waals surface area contributed by atoms with E-state index < -0.39 is 7.60 Å². The van der Waals surface area contributed by atoms with E-state index in [1.165, 1.54) is 14.2 Å². The summed E-state index contributed by atoms with van der Waals surface area (Å²) in [7, 11) is -0.692. The van der Waals surface area contributed by atoms with Crippen LogP contribution in [0, 0.1) is 0 Å². The Balaban J connectivity index is 4.10. The molecule has 0 aromatic carbocycles. The van der Waals surface area contributed by atoms with Crippen molar-refractivity contribution in [2.24, 2.45) is 0 Å². The Morgan fingerprint density at radius 3 is 2.15 bits per heavy atom. The van der Waals surface area contributed by atoms with Gasteiger partial charge in [0.05, 0.1) is 0 Å². The van der Waals surface area contributed by atoms with Gasteiger partial charge in [0.2, 0.25) is 5.91 Å². The van der Waals surface area contributed by atoms with Crippen LogP contribution >= 0.6 is 7.60 Å². The van der Waals surface area contributed by atoms with Crippen LogP contribution in [0.15, 0.2) is 0 Å². The van der Waals surface area contributed by atoms with Gasteiger partial charge in [-0.05, 0) is 13.8 Å². The lowest BCUT2D eigenvalue weighted by atomic mass is 10.4. The van der Waals surface area contributed by atoms with Crippen LogP contribution in [0.2, 0.25) is 0 Å². The number of hydrogen-bond donors (Lipinski definition) is 1. The molecule has 0 rings (SSSR count). The monoisotopic (exact) mass is 209 g/mol. The Hall–Kier alpha value is -0.380. The predicted octanol–water partition coefficient (Wildman–Crippen LogP) is 0.997. The van der Waals surface area contributed by atoms with Gasteiger partial charge in [0, 0.05) is 20.3 Å². The lowest BCUT2D eigenvalue weighted by Gasteiger charge is -2.14. The normalized spacial score (nSPS) is 11.8. The number of carbonyl (C=O) groups is 1. The van der Waals surface area contributed by atoms with Crippen molar-refractivity contribution in [1.82, 2.24) is 5.32 Å². The van der Waals surface area contributed by atoms with E-state index in [2.05, 4.69) is 14.4 Å². The summed E-state index contributed by atoms with van der Waals surface area (Å²) in [4.78, 5) is 11.1. The van der Waals surface area contributed by atoms with Crippen LogP contribution in [0.1, 0.15) is 13.8 Å². The smallest absolute Gasteiger partial charge is 0.339 e. The van der Waals surface area contributed by atoms with Gasteiger partial charge in [-0.25, -0.2) is 0 Å². The Labute approximate surface area is 78.3 Å². The zero-order valence-electron chi connectivity index (χ0n) is 8.36. The summed E-state index contributed by atoms with van der Waals surface area (Å²) in [6.07, 6.45) is -0.238. The first-order chi connectivity index (χ1) is 5.93. The van der Waals surface area contributed by atoms with Crippen molar-refractivity contribution in [3.8, 4) is 0 Å². The topological polar surface area (TPSA) is 64.6 Å². The summed E-state index contributed by atoms with van der Waals surface area (Å²) in [5.41, 5.74) is 0. The van der Waals surface area contributed by atoms with Crippen LogP contribution in [-0.2, 0) is 18.4 Å². The first kappa shape index (κ1) is 12.6. The van der Waals surface area contributed by atoms with Gasteiger partial charge in [-0.3, -0.25) is 9.36 Å². The molecule has 5 nitrogen and oxygen atoms in total. The van der Waals surface area contributed by atoms with Gasteiger partial charge >= 0.3 is 7.60 Å². The van der Waals surface area contributed by atoms with Crippen molar-refractivity contribution in [2.75, 3.05) is 20.4 Å². The van der Waals surface area contributed by atoms with Crippen LogP contribution in [0.4, 0.5) is 0 Å². The van der Waals surface area contributed by atoms with Crippen LogP contribution in [0.25, 0.3) is 0 Å². The number of carbonyl (C=O) groups excluding carboxylic acids is 1. The first-order valence-electron chi connectivity index (χ1n) is 3.93. The molecule has 0 bridgehead atoms. The Bertz CT molecular complexity index is 209. The quantitative estimate of drug-likeness (QED) is 0.686. The first-order valence-corrected chi connectivity index (χ1v) is 5.66. The lowest BCUT2D eigenvalue weighted by Crippen LogP contribution is -2.32. The largest absolute Gasteiger partial charge is 0.353 e. The molecule has 0 radical (unpaired) electrons. The fourth-order valence-corrected chi connectivity index (χ4v) is 1.60. The molecule has 1 amide bonds. The highest BCUT2D eigenvalue weighted by atomic mass is 31.2. The molecule has 1 N–H and O–H groups in total. The fraction of sp³-hybridized carbons (Fsp3) is 0.857. The zero-order chi connectivity index (χ0) is 10.5. The predicted molar refractivity (Wildman–Crippen MR) is 49.8 cm³/mol. The van der Waals surface area contributed by atoms with Crippen molar-refractivity contribution in [2.45, 2.75) is 19.9 Å². The van der Waals surface area contributed by atoms with Crippen molar-refractivity contribution in [3.63, 3.8) is 0 Å². The minimum atomic E-state index is -3.21. The van der Waals surface area contributed by atoms with E-state index in [1.807, 2.05) is 13.8 Å². The highest BCUT2D eigenvalue weighted by Crippen LogP contribution is 2.45. The average Bonchev–Trinajstić information content (AvgIpc) is 2.02. The van der Waals surface area contributed by atoms with E-state index in [-0.39, 0.29) is 18.1 Å². The molecule has 0 spiro atoms. The highest BCUT2D eigenvalue weighted by Gasteiger charge is 2.25. The van der Waals surface area contributed by atoms with Gasteiger partial charge in [-0.2, -0.15) is 0 Å². The second-order valence-electron chi connectivity index (χ2n) is 2.86. The molecule has 0 aliphatic heterocycles. The number of rotatable bonds is 5. The molecule has 13 heavy (non-hydrogen) atoms. The summed E-state index contributed by atoms with van der Waals surface area (Å²) in [6, 6.07) is 0.0228. The van der Waals surface area contributed by atoms with Crippen molar-refractivity contribution >= 4 is 13.5 Å². The van der Waals surface area contributed by atoms with Crippen LogP contribution in [-0.4, -0.2) is 32.3 Å². The molecular weight excluding hydrogens is 193 g/mol. The molecular formula is C7H16NO4P. The maximum atomic E-state index is 11.4. The molecule has 0 unspecified atom stereocenters. The summed E-state index contributed by atoms with van der Waals surface area (Å²) >= 11 is 0. The van der Waals surface area contributed by atoms with Crippen molar-refractivity contribution < 1.29 is 18.4 Å². The second kappa shape index (κ2) is 5.37. The second-order valence-corrected chi connectivity index (χ2v) is 5.12. The van der Waals surface area contributed by atoms with E-state index in [0.717, 1.165) is 0 Å². The third kappa shape index (κ3) is 5.03. The van der Waals surface area contributed by atoms with E-state index in [0.29, 0.717) is 0 Å². The van der Waals surface area contributed by atoms with Crippen molar-refractivity contribution in [3.05, 3.63) is 0 Å². The molecule has 0 aliphatic rings. The van der Waals surface area contributed by atoms with E-state index in [4.69, 9.17) is 0 Å². The average molecular weight is 209 g/mol. The molecule has 0 atom stereocenters. The Morgan fingerprint density at radius 2 is 1.85 bits per heavy atom. The number of amides is 1. The third-order valence-corrected chi connectivity index (χ3v) is 3.13. The van der Waals surface area contributed by atoms with Gasteiger partial charge < -0.3 is 14.4 Å². The maximum absolute atomic E-state index is 11.4. The van der Waals surface area contributed by atoms with Crippen LogP contribution in [0.3, 0.4) is 0 Å². The van der Waals surface area contributed by atoms with E-state index >= 15 is 0 Å². The summed E-state index contributed by atoms with van der Waals surface area (Å²) < 4.78 is 20.7. The molecule has 0 saturated carbocycles. The molecule has 0 aromatic rings. The zero-order valence-corrected chi connectivity index (χ0v) is 9.26. The van der Waals surface area contributed by atoms with Crippen molar-refractivity contribution in [1.29, 1.82) is 0 Å².